The molecule has 1 rings (SSSR count). The first-order chi connectivity index (χ1) is 9.40. The molecular formula is C15H19ClO3S. The Kier molecular flexibility index (Phi) is 6.38. The van der Waals surface area contributed by atoms with E-state index in [1.54, 1.807) is 12.1 Å². The van der Waals surface area contributed by atoms with Crippen LogP contribution in [0.4, 0.5) is 0 Å². The van der Waals surface area contributed by atoms with Crippen LogP contribution >= 0.6 is 10.7 Å². The van der Waals surface area contributed by atoms with E-state index in [1.807, 2.05) is 13.8 Å². The fraction of sp³-hybridized carbons (Fsp3) is 0.467. The summed E-state index contributed by atoms with van der Waals surface area (Å²) in [4.78, 5) is 0.102. The predicted octanol–water partition coefficient (Wildman–Crippen LogP) is 3.92. The van der Waals surface area contributed by atoms with Gasteiger partial charge >= 0.3 is 0 Å². The predicted molar refractivity (Wildman–Crippen MR) is 81.7 cm³/mol. The molecule has 3 nitrogen and oxygen atoms in total. The lowest BCUT2D eigenvalue weighted by Crippen LogP contribution is -2.04. The number of hydrogen-bond donors (Lipinski definition) is 0. The van der Waals surface area contributed by atoms with E-state index in [2.05, 4.69) is 5.92 Å². The van der Waals surface area contributed by atoms with Crippen molar-refractivity contribution in [3.8, 4) is 18.1 Å². The van der Waals surface area contributed by atoms with E-state index in [0.717, 1.165) is 18.4 Å². The highest BCUT2D eigenvalue weighted by atomic mass is 35.7. The van der Waals surface area contributed by atoms with Gasteiger partial charge in [-0.3, -0.25) is 0 Å². The molecule has 1 unspecified atom stereocenters. The van der Waals surface area contributed by atoms with E-state index < -0.39 is 9.05 Å². The largest absolute Gasteiger partial charge is 0.493 e. The topological polar surface area (TPSA) is 43.4 Å². The van der Waals surface area contributed by atoms with Gasteiger partial charge in [-0.25, -0.2) is 8.42 Å². The fourth-order valence-corrected chi connectivity index (χ4v) is 2.56. The van der Waals surface area contributed by atoms with Crippen molar-refractivity contribution in [1.82, 2.24) is 0 Å². The molecule has 0 spiro atoms. The van der Waals surface area contributed by atoms with Crippen molar-refractivity contribution < 1.29 is 13.2 Å². The zero-order valence-corrected chi connectivity index (χ0v) is 13.3. The lowest BCUT2D eigenvalue weighted by molar-refractivity contribution is 0.307. The highest BCUT2D eigenvalue weighted by Gasteiger charge is 2.16. The van der Waals surface area contributed by atoms with Gasteiger partial charge in [-0.1, -0.05) is 13.8 Å². The van der Waals surface area contributed by atoms with Gasteiger partial charge in [-0.2, -0.15) is 0 Å². The maximum absolute atomic E-state index is 11.4. The van der Waals surface area contributed by atoms with Crippen LogP contribution in [0, 0.1) is 12.3 Å². The van der Waals surface area contributed by atoms with Gasteiger partial charge in [0.2, 0.25) is 0 Å². The monoisotopic (exact) mass is 314 g/mol. The van der Waals surface area contributed by atoms with Crippen LogP contribution in [0.25, 0.3) is 0 Å². The molecule has 0 aliphatic rings. The van der Waals surface area contributed by atoms with E-state index in [9.17, 15) is 8.42 Å². The lowest BCUT2D eigenvalue weighted by atomic mass is 9.98. The van der Waals surface area contributed by atoms with Crippen molar-refractivity contribution in [2.75, 3.05) is 6.61 Å². The van der Waals surface area contributed by atoms with Crippen LogP contribution in [0.1, 0.15) is 44.6 Å². The second-order valence-electron chi connectivity index (χ2n) is 4.60. The van der Waals surface area contributed by atoms with Gasteiger partial charge in [0.15, 0.2) is 0 Å². The Bertz CT molecular complexity index is 588. The molecule has 0 bridgehead atoms. The molecule has 1 aromatic rings. The third-order valence-electron chi connectivity index (χ3n) is 3.13. The van der Waals surface area contributed by atoms with Crippen molar-refractivity contribution in [3.63, 3.8) is 0 Å². The van der Waals surface area contributed by atoms with Crippen molar-refractivity contribution in [2.24, 2.45) is 0 Å². The first kappa shape index (κ1) is 16.9. The molecule has 1 aromatic carbocycles. The van der Waals surface area contributed by atoms with Crippen molar-refractivity contribution in [2.45, 2.75) is 43.9 Å². The Hall–Kier alpha value is -1.18. The summed E-state index contributed by atoms with van der Waals surface area (Å²) >= 11 is 0. The molecule has 1 atom stereocenters. The van der Waals surface area contributed by atoms with Crippen LogP contribution < -0.4 is 4.74 Å². The molecule has 110 valence electrons. The maximum Gasteiger partial charge on any atom is 0.261 e. The molecule has 0 N–H and O–H groups in total. The first-order valence-electron chi connectivity index (χ1n) is 6.55. The van der Waals surface area contributed by atoms with E-state index in [1.165, 1.54) is 6.07 Å². The van der Waals surface area contributed by atoms with Gasteiger partial charge in [-0.05, 0) is 42.5 Å². The van der Waals surface area contributed by atoms with E-state index >= 15 is 0 Å². The molecule has 0 saturated heterocycles. The van der Waals surface area contributed by atoms with Crippen LogP contribution in [0.15, 0.2) is 23.1 Å². The van der Waals surface area contributed by atoms with E-state index in [0.29, 0.717) is 18.8 Å². The quantitative estimate of drug-likeness (QED) is 0.435. The van der Waals surface area contributed by atoms with Gasteiger partial charge in [0.25, 0.3) is 9.05 Å². The summed E-state index contributed by atoms with van der Waals surface area (Å²) in [7, 11) is 1.66. The van der Waals surface area contributed by atoms with Crippen molar-refractivity contribution in [1.29, 1.82) is 0 Å². The summed E-state index contributed by atoms with van der Waals surface area (Å²) < 4.78 is 28.5. The summed E-state index contributed by atoms with van der Waals surface area (Å²) in [6.45, 7) is 4.57. The molecule has 0 aromatic heterocycles. The Balaban J connectivity index is 3.02. The minimum Gasteiger partial charge on any atom is -0.493 e. The van der Waals surface area contributed by atoms with Gasteiger partial charge in [0, 0.05) is 17.1 Å². The van der Waals surface area contributed by atoms with Crippen LogP contribution in [0.3, 0.4) is 0 Å². The van der Waals surface area contributed by atoms with Gasteiger partial charge in [-0.15, -0.1) is 12.3 Å². The zero-order chi connectivity index (χ0) is 15.2. The minimum atomic E-state index is -3.72. The Labute approximate surface area is 125 Å². The molecule has 0 heterocycles. The Morgan fingerprint density at radius 2 is 2.15 bits per heavy atom. The second kappa shape index (κ2) is 7.56. The van der Waals surface area contributed by atoms with Gasteiger partial charge in [0.1, 0.15) is 5.75 Å². The van der Waals surface area contributed by atoms with Crippen molar-refractivity contribution >= 4 is 19.7 Å². The van der Waals surface area contributed by atoms with Crippen molar-refractivity contribution in [3.05, 3.63) is 23.8 Å². The van der Waals surface area contributed by atoms with E-state index in [4.69, 9.17) is 21.8 Å². The Morgan fingerprint density at radius 1 is 1.45 bits per heavy atom. The summed E-state index contributed by atoms with van der Waals surface area (Å²) in [5.74, 6) is 3.44. The van der Waals surface area contributed by atoms with Crippen LogP contribution in [-0.2, 0) is 9.05 Å². The molecular weight excluding hydrogens is 296 g/mol. The highest BCUT2D eigenvalue weighted by Crippen LogP contribution is 2.32. The lowest BCUT2D eigenvalue weighted by Gasteiger charge is -2.16. The summed E-state index contributed by atoms with van der Waals surface area (Å²) in [5.41, 5.74) is 0.856. The number of ether oxygens (including phenoxy) is 1. The van der Waals surface area contributed by atoms with Crippen LogP contribution in [0.5, 0.6) is 5.75 Å². The number of halogens is 1. The molecule has 0 aliphatic carbocycles. The average Bonchev–Trinajstić information content (AvgIpc) is 2.41. The number of terminal acetylenes is 1. The number of unbranched alkanes of at least 4 members (excludes halogenated alkanes) is 1. The molecule has 0 radical (unpaired) electrons. The number of rotatable bonds is 7. The molecule has 0 fully saturated rings. The third kappa shape index (κ3) is 4.73. The SMILES string of the molecule is C#CCCCOc1ccc(S(=O)(=O)Cl)cc1C(C)CC. The molecule has 0 amide bonds. The maximum atomic E-state index is 11.4. The molecule has 0 aliphatic heterocycles. The minimum absolute atomic E-state index is 0.102. The number of hydrogen-bond acceptors (Lipinski definition) is 3. The van der Waals surface area contributed by atoms with Crippen LogP contribution in [0.2, 0.25) is 0 Å². The highest BCUT2D eigenvalue weighted by molar-refractivity contribution is 8.13. The Morgan fingerprint density at radius 3 is 2.70 bits per heavy atom. The van der Waals surface area contributed by atoms with E-state index in [-0.39, 0.29) is 10.8 Å². The van der Waals surface area contributed by atoms with Gasteiger partial charge < -0.3 is 4.74 Å². The number of benzene rings is 1. The van der Waals surface area contributed by atoms with Crippen LogP contribution in [-0.4, -0.2) is 15.0 Å². The van der Waals surface area contributed by atoms with Gasteiger partial charge in [0.05, 0.1) is 11.5 Å². The molecule has 20 heavy (non-hydrogen) atoms. The average molecular weight is 315 g/mol. The summed E-state index contributed by atoms with van der Waals surface area (Å²) in [6, 6.07) is 4.71. The zero-order valence-electron chi connectivity index (χ0n) is 11.7. The normalized spacial score (nSPS) is 12.7. The standard InChI is InChI=1S/C15H19ClO3S/c1-4-6-7-10-19-15-9-8-13(20(16,17)18)11-14(15)12(3)5-2/h1,8-9,11-12H,5-7,10H2,2-3H3. The fourth-order valence-electron chi connectivity index (χ4n) is 1.77. The third-order valence-corrected chi connectivity index (χ3v) is 4.48. The molecule has 0 saturated carbocycles. The summed E-state index contributed by atoms with van der Waals surface area (Å²) in [6.07, 6.45) is 7.50. The first-order valence-corrected chi connectivity index (χ1v) is 8.86. The molecule has 5 heteroatoms. The summed E-state index contributed by atoms with van der Waals surface area (Å²) in [5, 5.41) is 0. The second-order valence-corrected chi connectivity index (χ2v) is 7.17. The smallest absolute Gasteiger partial charge is 0.261 e.